The van der Waals surface area contributed by atoms with Crippen LogP contribution in [-0.4, -0.2) is 33.1 Å². The summed E-state index contributed by atoms with van der Waals surface area (Å²) in [6.45, 7) is 6.05. The molecule has 1 saturated heterocycles. The molecule has 106 valence electrons. The average Bonchev–Trinajstić information content (AvgIpc) is 2.83. The average molecular weight is 334 g/mol. The van der Waals surface area contributed by atoms with E-state index in [1.54, 1.807) is 4.90 Å². The van der Waals surface area contributed by atoms with Gasteiger partial charge in [0, 0.05) is 6.54 Å². The Kier molecular flexibility index (Phi) is 3.85. The molecular formula is C12H17BrFN3O2. The lowest BCUT2D eigenvalue weighted by molar-refractivity contribution is 0.0218. The molecule has 1 amide bonds. The maximum absolute atomic E-state index is 13.3. The fourth-order valence-corrected chi connectivity index (χ4v) is 2.38. The first kappa shape index (κ1) is 14.3. The van der Waals surface area contributed by atoms with Gasteiger partial charge in [-0.15, -0.1) is 0 Å². The Morgan fingerprint density at radius 1 is 1.58 bits per heavy atom. The molecule has 5 nitrogen and oxygen atoms in total. The summed E-state index contributed by atoms with van der Waals surface area (Å²) in [5.74, 6) is -0.0706. The van der Waals surface area contributed by atoms with Crippen LogP contribution in [0.2, 0.25) is 0 Å². The summed E-state index contributed by atoms with van der Waals surface area (Å²) in [4.78, 5) is 20.3. The van der Waals surface area contributed by atoms with Crippen molar-refractivity contribution < 1.29 is 13.9 Å². The third-order valence-electron chi connectivity index (χ3n) is 2.83. The Morgan fingerprint density at radius 3 is 2.79 bits per heavy atom. The van der Waals surface area contributed by atoms with Crippen LogP contribution in [0.5, 0.6) is 0 Å². The number of hydrogen-bond acceptors (Lipinski definition) is 3. The van der Waals surface area contributed by atoms with E-state index in [1.807, 2.05) is 20.8 Å². The van der Waals surface area contributed by atoms with Crippen LogP contribution in [0.1, 0.15) is 45.5 Å². The summed E-state index contributed by atoms with van der Waals surface area (Å²) >= 11 is 3.02. The number of halogens is 2. The van der Waals surface area contributed by atoms with Crippen LogP contribution in [0.4, 0.5) is 9.18 Å². The number of likely N-dealkylation sites (tertiary alicyclic amines) is 1. The number of amides is 1. The molecule has 0 aromatic carbocycles. The normalized spacial score (nSPS) is 19.8. The van der Waals surface area contributed by atoms with E-state index in [0.29, 0.717) is 12.4 Å². The van der Waals surface area contributed by atoms with Crippen molar-refractivity contribution in [3.8, 4) is 0 Å². The summed E-state index contributed by atoms with van der Waals surface area (Å²) in [6.07, 6.45) is 1.21. The third-order valence-corrected chi connectivity index (χ3v) is 3.36. The molecule has 1 aliphatic heterocycles. The predicted octanol–water partition coefficient (Wildman–Crippen LogP) is 3.38. The molecule has 7 heteroatoms. The molecule has 1 aromatic rings. The van der Waals surface area contributed by atoms with Crippen LogP contribution < -0.4 is 0 Å². The largest absolute Gasteiger partial charge is 0.444 e. The Bertz CT molecular complexity index is 464. The number of aromatic nitrogens is 2. The van der Waals surface area contributed by atoms with Crippen molar-refractivity contribution in [1.29, 1.82) is 0 Å². The van der Waals surface area contributed by atoms with Crippen LogP contribution in [0.25, 0.3) is 0 Å². The molecule has 0 saturated carbocycles. The van der Waals surface area contributed by atoms with Crippen molar-refractivity contribution in [2.75, 3.05) is 6.54 Å². The fraction of sp³-hybridized carbons (Fsp3) is 0.667. The monoisotopic (exact) mass is 333 g/mol. The van der Waals surface area contributed by atoms with Gasteiger partial charge in [0.1, 0.15) is 11.4 Å². The van der Waals surface area contributed by atoms with Crippen LogP contribution in [-0.2, 0) is 4.74 Å². The second-order valence-corrected chi connectivity index (χ2v) is 6.31. The maximum Gasteiger partial charge on any atom is 0.410 e. The number of carbonyl (C=O) groups excluding carboxylic acids is 1. The van der Waals surface area contributed by atoms with Gasteiger partial charge < -0.3 is 9.72 Å². The second-order valence-electron chi connectivity index (χ2n) is 5.56. The molecule has 1 fully saturated rings. The molecule has 1 aliphatic rings. The van der Waals surface area contributed by atoms with Gasteiger partial charge in [0.15, 0.2) is 4.60 Å². The smallest absolute Gasteiger partial charge is 0.410 e. The SMILES string of the molecule is CC(C)(C)OC(=O)N1CCCC1c1nc(Br)c(F)[nH]1. The van der Waals surface area contributed by atoms with Gasteiger partial charge in [0.25, 0.3) is 0 Å². The number of nitrogens with one attached hydrogen (secondary N) is 1. The number of rotatable bonds is 1. The van der Waals surface area contributed by atoms with Crippen LogP contribution in [0, 0.1) is 5.95 Å². The Labute approximate surface area is 119 Å². The Hall–Kier alpha value is -1.11. The quantitative estimate of drug-likeness (QED) is 0.856. The van der Waals surface area contributed by atoms with Gasteiger partial charge in [-0.05, 0) is 49.5 Å². The van der Waals surface area contributed by atoms with E-state index in [0.717, 1.165) is 12.8 Å². The lowest BCUT2D eigenvalue weighted by Crippen LogP contribution is -2.36. The number of hydrogen-bond donors (Lipinski definition) is 1. The number of ether oxygens (including phenoxy) is 1. The number of aromatic amines is 1. The zero-order chi connectivity index (χ0) is 14.2. The molecule has 2 rings (SSSR count). The first-order valence-corrected chi connectivity index (χ1v) is 6.98. The first-order chi connectivity index (χ1) is 8.78. The summed E-state index contributed by atoms with van der Waals surface area (Å²) in [5.41, 5.74) is -0.542. The minimum atomic E-state index is -0.542. The highest BCUT2D eigenvalue weighted by molar-refractivity contribution is 9.10. The second kappa shape index (κ2) is 5.11. The highest BCUT2D eigenvalue weighted by Gasteiger charge is 2.35. The lowest BCUT2D eigenvalue weighted by Gasteiger charge is -2.27. The van der Waals surface area contributed by atoms with Gasteiger partial charge in [-0.3, -0.25) is 4.90 Å². The summed E-state index contributed by atoms with van der Waals surface area (Å²) < 4.78 is 18.8. The lowest BCUT2D eigenvalue weighted by atomic mass is 10.2. The summed E-state index contributed by atoms with van der Waals surface area (Å²) in [6, 6.07) is -0.254. The summed E-state index contributed by atoms with van der Waals surface area (Å²) in [7, 11) is 0. The van der Waals surface area contributed by atoms with Crippen molar-refractivity contribution in [2.45, 2.75) is 45.3 Å². The highest BCUT2D eigenvalue weighted by atomic mass is 79.9. The Morgan fingerprint density at radius 2 is 2.26 bits per heavy atom. The molecule has 2 heterocycles. The molecule has 1 N–H and O–H groups in total. The van der Waals surface area contributed by atoms with Crippen molar-refractivity contribution in [1.82, 2.24) is 14.9 Å². The van der Waals surface area contributed by atoms with Gasteiger partial charge in [-0.1, -0.05) is 0 Å². The van der Waals surface area contributed by atoms with Crippen LogP contribution >= 0.6 is 15.9 Å². The van der Waals surface area contributed by atoms with E-state index in [1.165, 1.54) is 0 Å². The van der Waals surface area contributed by atoms with E-state index in [-0.39, 0.29) is 16.7 Å². The van der Waals surface area contributed by atoms with Crippen molar-refractivity contribution >= 4 is 22.0 Å². The summed E-state index contributed by atoms with van der Waals surface area (Å²) in [5, 5.41) is 0. The zero-order valence-corrected chi connectivity index (χ0v) is 12.8. The Balaban J connectivity index is 2.15. The van der Waals surface area contributed by atoms with Gasteiger partial charge in [0.05, 0.1) is 6.04 Å². The molecule has 1 aromatic heterocycles. The van der Waals surface area contributed by atoms with Crippen LogP contribution in [0.15, 0.2) is 4.60 Å². The fourth-order valence-electron chi connectivity index (χ4n) is 2.09. The van der Waals surface area contributed by atoms with Crippen molar-refractivity contribution in [3.63, 3.8) is 0 Å². The standard InChI is InChI=1S/C12H17BrFN3O2/c1-12(2,3)19-11(18)17-6-4-5-7(17)10-15-8(13)9(14)16-10/h7H,4-6H2,1-3H3,(H,15,16). The van der Waals surface area contributed by atoms with E-state index in [2.05, 4.69) is 25.9 Å². The molecule has 19 heavy (non-hydrogen) atoms. The molecule has 0 bridgehead atoms. The molecule has 0 spiro atoms. The molecule has 0 radical (unpaired) electrons. The highest BCUT2D eigenvalue weighted by Crippen LogP contribution is 2.32. The molecule has 1 unspecified atom stereocenters. The molecule has 1 atom stereocenters. The van der Waals surface area contributed by atoms with Gasteiger partial charge in [0.2, 0.25) is 5.95 Å². The first-order valence-electron chi connectivity index (χ1n) is 6.18. The van der Waals surface area contributed by atoms with E-state index in [4.69, 9.17) is 4.74 Å². The van der Waals surface area contributed by atoms with E-state index < -0.39 is 11.5 Å². The minimum absolute atomic E-state index is 0.138. The number of H-pyrrole nitrogens is 1. The van der Waals surface area contributed by atoms with Crippen molar-refractivity contribution in [2.24, 2.45) is 0 Å². The van der Waals surface area contributed by atoms with E-state index in [9.17, 15) is 9.18 Å². The number of nitrogens with zero attached hydrogens (tertiary/aromatic N) is 2. The topological polar surface area (TPSA) is 58.2 Å². The van der Waals surface area contributed by atoms with Crippen molar-refractivity contribution in [3.05, 3.63) is 16.4 Å². The van der Waals surface area contributed by atoms with Gasteiger partial charge >= 0.3 is 6.09 Å². The zero-order valence-electron chi connectivity index (χ0n) is 11.2. The van der Waals surface area contributed by atoms with Gasteiger partial charge in [-0.2, -0.15) is 4.39 Å². The third kappa shape index (κ3) is 3.26. The van der Waals surface area contributed by atoms with Crippen LogP contribution in [0.3, 0.4) is 0 Å². The number of carbonyl (C=O) groups is 1. The predicted molar refractivity (Wildman–Crippen MR) is 71.2 cm³/mol. The van der Waals surface area contributed by atoms with E-state index >= 15 is 0 Å². The maximum atomic E-state index is 13.3. The minimum Gasteiger partial charge on any atom is -0.444 e. The molecular weight excluding hydrogens is 317 g/mol. The molecule has 0 aliphatic carbocycles. The number of imidazole rings is 1. The van der Waals surface area contributed by atoms with Gasteiger partial charge in [-0.25, -0.2) is 9.78 Å².